The number of amides is 1. The molecular weight excluding hydrogens is 389 g/mol. The third kappa shape index (κ3) is 2.64. The number of halogens is 2. The lowest BCUT2D eigenvalue weighted by atomic mass is 10.2. The van der Waals surface area contributed by atoms with E-state index in [-0.39, 0.29) is 5.91 Å². The van der Waals surface area contributed by atoms with Crippen molar-refractivity contribution in [1.82, 2.24) is 10.2 Å². The number of benzene rings is 2. The molecule has 1 amide bonds. The smallest absolute Gasteiger partial charge is 0.255 e. The van der Waals surface area contributed by atoms with Gasteiger partial charge in [-0.15, -0.1) is 0 Å². The first-order valence-electron chi connectivity index (χ1n) is 5.83. The van der Waals surface area contributed by atoms with Crippen LogP contribution in [0.3, 0.4) is 0 Å². The lowest BCUT2D eigenvalue weighted by molar-refractivity contribution is 0.102. The summed E-state index contributed by atoms with van der Waals surface area (Å²) in [6, 6.07) is 10.8. The summed E-state index contributed by atoms with van der Waals surface area (Å²) in [5.74, 6) is -0.192. The molecule has 6 heteroatoms. The van der Waals surface area contributed by atoms with Gasteiger partial charge in [-0.05, 0) is 59.0 Å². The Labute approximate surface area is 133 Å². The molecule has 1 aromatic heterocycles. The average molecular weight is 398 g/mol. The Morgan fingerprint density at radius 3 is 2.90 bits per heavy atom. The number of hydrogen-bond acceptors (Lipinski definition) is 2. The van der Waals surface area contributed by atoms with Gasteiger partial charge in [-0.3, -0.25) is 9.89 Å². The maximum Gasteiger partial charge on any atom is 0.255 e. The largest absolute Gasteiger partial charge is 0.322 e. The highest BCUT2D eigenvalue weighted by molar-refractivity contribution is 14.1. The summed E-state index contributed by atoms with van der Waals surface area (Å²) < 4.78 is 0.916. The number of aromatic nitrogens is 2. The van der Waals surface area contributed by atoms with Gasteiger partial charge in [-0.25, -0.2) is 0 Å². The molecule has 0 radical (unpaired) electrons. The number of fused-ring (bicyclic) bond motifs is 1. The molecule has 0 unspecified atom stereocenters. The van der Waals surface area contributed by atoms with Crippen molar-refractivity contribution >= 4 is 56.7 Å². The van der Waals surface area contributed by atoms with Gasteiger partial charge in [0.1, 0.15) is 0 Å². The summed E-state index contributed by atoms with van der Waals surface area (Å²) in [6.45, 7) is 0. The zero-order valence-electron chi connectivity index (χ0n) is 10.2. The van der Waals surface area contributed by atoms with Crippen molar-refractivity contribution in [2.24, 2.45) is 0 Å². The van der Waals surface area contributed by atoms with E-state index in [1.54, 1.807) is 18.3 Å². The van der Waals surface area contributed by atoms with Crippen LogP contribution >= 0.6 is 34.2 Å². The molecule has 0 atom stereocenters. The van der Waals surface area contributed by atoms with Gasteiger partial charge in [0.25, 0.3) is 5.91 Å². The van der Waals surface area contributed by atoms with Crippen LogP contribution in [0.2, 0.25) is 5.02 Å². The minimum Gasteiger partial charge on any atom is -0.322 e. The molecule has 0 bridgehead atoms. The van der Waals surface area contributed by atoms with E-state index in [0.29, 0.717) is 16.3 Å². The van der Waals surface area contributed by atoms with E-state index in [1.165, 1.54) is 0 Å². The number of carbonyl (C=O) groups is 1. The minimum atomic E-state index is -0.192. The highest BCUT2D eigenvalue weighted by Gasteiger charge is 2.08. The van der Waals surface area contributed by atoms with Gasteiger partial charge in [0, 0.05) is 20.2 Å². The minimum absolute atomic E-state index is 0.192. The van der Waals surface area contributed by atoms with Crippen LogP contribution in [-0.4, -0.2) is 16.1 Å². The molecule has 1 heterocycles. The second-order valence-corrected chi connectivity index (χ2v) is 5.82. The Kier molecular flexibility index (Phi) is 3.62. The highest BCUT2D eigenvalue weighted by Crippen LogP contribution is 2.21. The van der Waals surface area contributed by atoms with Gasteiger partial charge in [-0.1, -0.05) is 11.6 Å². The molecule has 0 spiro atoms. The van der Waals surface area contributed by atoms with Crippen molar-refractivity contribution in [3.8, 4) is 0 Å². The third-order valence-electron chi connectivity index (χ3n) is 2.88. The summed E-state index contributed by atoms with van der Waals surface area (Å²) in [5.41, 5.74) is 2.12. The number of rotatable bonds is 2. The lowest BCUT2D eigenvalue weighted by Crippen LogP contribution is -2.11. The molecule has 0 saturated carbocycles. The number of nitrogens with zero attached hydrogens (tertiary/aromatic N) is 1. The van der Waals surface area contributed by atoms with Gasteiger partial charge in [0.05, 0.1) is 16.7 Å². The Bertz CT molecular complexity index is 800. The van der Waals surface area contributed by atoms with Crippen LogP contribution in [0, 0.1) is 3.57 Å². The fourth-order valence-electron chi connectivity index (χ4n) is 1.86. The van der Waals surface area contributed by atoms with Crippen LogP contribution in [0.4, 0.5) is 5.69 Å². The quantitative estimate of drug-likeness (QED) is 0.640. The third-order valence-corrected chi connectivity index (χ3v) is 4.45. The molecule has 0 aliphatic heterocycles. The number of carbonyl (C=O) groups excluding carboxylic acids is 1. The monoisotopic (exact) mass is 397 g/mol. The molecule has 2 N–H and O–H groups in total. The van der Waals surface area contributed by atoms with Gasteiger partial charge in [-0.2, -0.15) is 5.10 Å². The van der Waals surface area contributed by atoms with Gasteiger partial charge >= 0.3 is 0 Å². The standard InChI is InChI=1S/C14H9ClIN3O/c15-11-5-8(2-4-12(11)16)14(20)18-10-3-1-9-7-17-19-13(9)6-10/h1-7H,(H,17,19)(H,18,20). The molecule has 3 aromatic rings. The van der Waals surface area contributed by atoms with Crippen molar-refractivity contribution in [3.05, 3.63) is 56.8 Å². The maximum atomic E-state index is 12.2. The van der Waals surface area contributed by atoms with Crippen molar-refractivity contribution < 1.29 is 4.79 Å². The molecular formula is C14H9ClIN3O. The Morgan fingerprint density at radius 1 is 1.25 bits per heavy atom. The van der Waals surface area contributed by atoms with Crippen LogP contribution in [0.15, 0.2) is 42.6 Å². The topological polar surface area (TPSA) is 57.8 Å². The number of hydrogen-bond donors (Lipinski definition) is 2. The first-order chi connectivity index (χ1) is 9.63. The van der Waals surface area contributed by atoms with Crippen LogP contribution < -0.4 is 5.32 Å². The Morgan fingerprint density at radius 2 is 2.10 bits per heavy atom. The van der Waals surface area contributed by atoms with Crippen molar-refractivity contribution in [1.29, 1.82) is 0 Å². The number of nitrogens with one attached hydrogen (secondary N) is 2. The summed E-state index contributed by atoms with van der Waals surface area (Å²) in [4.78, 5) is 12.2. The van der Waals surface area contributed by atoms with E-state index in [2.05, 4.69) is 38.1 Å². The zero-order chi connectivity index (χ0) is 14.1. The van der Waals surface area contributed by atoms with E-state index >= 15 is 0 Å². The van der Waals surface area contributed by atoms with E-state index < -0.39 is 0 Å². The SMILES string of the molecule is O=C(Nc1ccc2cn[nH]c2c1)c1ccc(I)c(Cl)c1. The molecule has 4 nitrogen and oxygen atoms in total. The summed E-state index contributed by atoms with van der Waals surface area (Å²) in [7, 11) is 0. The predicted octanol–water partition coefficient (Wildman–Crippen LogP) is 4.07. The number of anilines is 1. The van der Waals surface area contributed by atoms with E-state index in [1.807, 2.05) is 24.3 Å². The summed E-state index contributed by atoms with van der Waals surface area (Å²) in [6.07, 6.45) is 1.74. The molecule has 0 fully saturated rings. The molecule has 0 aliphatic rings. The van der Waals surface area contributed by atoms with Gasteiger partial charge < -0.3 is 5.32 Å². The first kappa shape index (κ1) is 13.4. The fraction of sp³-hybridized carbons (Fsp3) is 0. The molecule has 0 saturated heterocycles. The number of H-pyrrole nitrogens is 1. The second kappa shape index (κ2) is 5.41. The van der Waals surface area contributed by atoms with E-state index in [9.17, 15) is 4.79 Å². The highest BCUT2D eigenvalue weighted by atomic mass is 127. The number of aromatic amines is 1. The normalized spacial score (nSPS) is 10.7. The molecule has 2 aromatic carbocycles. The Balaban J connectivity index is 1.85. The van der Waals surface area contributed by atoms with Crippen LogP contribution in [-0.2, 0) is 0 Å². The van der Waals surface area contributed by atoms with E-state index in [4.69, 9.17) is 11.6 Å². The van der Waals surface area contributed by atoms with Gasteiger partial charge in [0.15, 0.2) is 0 Å². The first-order valence-corrected chi connectivity index (χ1v) is 7.29. The summed E-state index contributed by atoms with van der Waals surface area (Å²) in [5, 5.41) is 11.2. The maximum absolute atomic E-state index is 12.2. The zero-order valence-corrected chi connectivity index (χ0v) is 13.1. The molecule has 20 heavy (non-hydrogen) atoms. The predicted molar refractivity (Wildman–Crippen MR) is 88.2 cm³/mol. The fourth-order valence-corrected chi connectivity index (χ4v) is 2.37. The molecule has 100 valence electrons. The van der Waals surface area contributed by atoms with Crippen molar-refractivity contribution in [3.63, 3.8) is 0 Å². The summed E-state index contributed by atoms with van der Waals surface area (Å²) >= 11 is 8.15. The molecule has 0 aliphatic carbocycles. The second-order valence-electron chi connectivity index (χ2n) is 4.26. The van der Waals surface area contributed by atoms with Crippen molar-refractivity contribution in [2.75, 3.05) is 5.32 Å². The van der Waals surface area contributed by atoms with E-state index in [0.717, 1.165) is 14.5 Å². The molecule has 3 rings (SSSR count). The average Bonchev–Trinajstić information content (AvgIpc) is 2.89. The van der Waals surface area contributed by atoms with Gasteiger partial charge in [0.2, 0.25) is 0 Å². The lowest BCUT2D eigenvalue weighted by Gasteiger charge is -2.06. The van der Waals surface area contributed by atoms with Crippen LogP contribution in [0.5, 0.6) is 0 Å². The van der Waals surface area contributed by atoms with Crippen LogP contribution in [0.25, 0.3) is 10.9 Å². The van der Waals surface area contributed by atoms with Crippen LogP contribution in [0.1, 0.15) is 10.4 Å². The Hall–Kier alpha value is -1.60. The van der Waals surface area contributed by atoms with Crippen molar-refractivity contribution in [2.45, 2.75) is 0 Å².